The van der Waals surface area contributed by atoms with E-state index in [0.29, 0.717) is 45.5 Å². The van der Waals surface area contributed by atoms with Gasteiger partial charge in [-0.05, 0) is 44.7 Å². The number of aliphatic hydroxyl groups is 1. The molecule has 9 heteroatoms. The van der Waals surface area contributed by atoms with Crippen LogP contribution in [-0.4, -0.2) is 74.4 Å². The van der Waals surface area contributed by atoms with Gasteiger partial charge in [0, 0.05) is 62.4 Å². The van der Waals surface area contributed by atoms with Gasteiger partial charge in [-0.25, -0.2) is 0 Å². The first kappa shape index (κ1) is 36.5. The summed E-state index contributed by atoms with van der Waals surface area (Å²) < 4.78 is 28.5. The third kappa shape index (κ3) is 9.16. The first-order chi connectivity index (χ1) is 21.9. The SMILES string of the molecule is C.CCOC(=O)[C@@H]1CC2(CC[C@H]1N[C@H](C)c1ccccc1)OCCO2.C[C@@H](N[C@@H]1CCC2(C[C@H]1CO)OCCO2)c1ccccc1. The summed E-state index contributed by atoms with van der Waals surface area (Å²) >= 11 is 0. The number of carbonyl (C=O) groups excluding carboxylic acids is 1. The Kier molecular flexibility index (Phi) is 13.6. The average molecular weight is 641 g/mol. The van der Waals surface area contributed by atoms with Crippen LogP contribution in [0, 0.1) is 11.8 Å². The Morgan fingerprint density at radius 2 is 1.26 bits per heavy atom. The molecule has 9 nitrogen and oxygen atoms in total. The predicted octanol–water partition coefficient (Wildman–Crippen LogP) is 5.69. The Hall–Kier alpha value is -2.37. The van der Waals surface area contributed by atoms with Crippen molar-refractivity contribution >= 4 is 5.97 Å². The minimum absolute atomic E-state index is 0. The lowest BCUT2D eigenvalue weighted by molar-refractivity contribution is -0.199. The van der Waals surface area contributed by atoms with Crippen LogP contribution in [-0.2, 0) is 28.5 Å². The summed E-state index contributed by atoms with van der Waals surface area (Å²) in [5, 5.41) is 17.0. The predicted molar refractivity (Wildman–Crippen MR) is 178 cm³/mol. The topological polar surface area (TPSA) is 108 Å². The molecule has 0 aromatic heterocycles. The smallest absolute Gasteiger partial charge is 0.310 e. The largest absolute Gasteiger partial charge is 0.466 e. The second-order valence-corrected chi connectivity index (χ2v) is 12.8. The van der Waals surface area contributed by atoms with Crippen LogP contribution in [0.1, 0.15) is 89.9 Å². The van der Waals surface area contributed by atoms with Gasteiger partial charge in [-0.15, -0.1) is 0 Å². The number of rotatable bonds is 9. The van der Waals surface area contributed by atoms with E-state index in [1.807, 2.05) is 31.2 Å². The number of nitrogens with one attached hydrogen (secondary N) is 2. The van der Waals surface area contributed by atoms with Crippen LogP contribution in [0.25, 0.3) is 0 Å². The number of hydrogen-bond acceptors (Lipinski definition) is 9. The van der Waals surface area contributed by atoms with E-state index in [2.05, 4.69) is 60.9 Å². The molecule has 2 aromatic rings. The molecule has 256 valence electrons. The molecule has 2 saturated carbocycles. The molecule has 46 heavy (non-hydrogen) atoms. The maximum atomic E-state index is 12.5. The van der Waals surface area contributed by atoms with Crippen molar-refractivity contribution in [3.05, 3.63) is 71.8 Å². The van der Waals surface area contributed by atoms with Gasteiger partial charge in [0.05, 0.1) is 39.0 Å². The van der Waals surface area contributed by atoms with Gasteiger partial charge in [-0.3, -0.25) is 4.79 Å². The highest BCUT2D eigenvalue weighted by Crippen LogP contribution is 2.41. The van der Waals surface area contributed by atoms with Crippen LogP contribution in [0.3, 0.4) is 0 Å². The molecule has 2 spiro atoms. The molecule has 0 amide bonds. The summed E-state index contributed by atoms with van der Waals surface area (Å²) in [6, 6.07) is 21.5. The van der Waals surface area contributed by atoms with Crippen molar-refractivity contribution in [2.75, 3.05) is 39.6 Å². The van der Waals surface area contributed by atoms with Crippen molar-refractivity contribution in [2.45, 2.75) is 102 Å². The fourth-order valence-electron chi connectivity index (χ4n) is 7.35. The molecule has 6 rings (SSSR count). The lowest BCUT2D eigenvalue weighted by atomic mass is 9.80. The Morgan fingerprint density at radius 3 is 1.74 bits per heavy atom. The summed E-state index contributed by atoms with van der Waals surface area (Å²) in [6.45, 7) is 9.28. The van der Waals surface area contributed by atoms with Crippen LogP contribution >= 0.6 is 0 Å². The van der Waals surface area contributed by atoms with Gasteiger partial charge < -0.3 is 39.4 Å². The van der Waals surface area contributed by atoms with Crippen LogP contribution in [0.5, 0.6) is 0 Å². The minimum atomic E-state index is -0.592. The average Bonchev–Trinajstić information content (AvgIpc) is 3.74. The van der Waals surface area contributed by atoms with Crippen LogP contribution in [0.2, 0.25) is 0 Å². The Morgan fingerprint density at radius 1 is 0.804 bits per heavy atom. The second-order valence-electron chi connectivity index (χ2n) is 12.8. The molecule has 2 heterocycles. The minimum Gasteiger partial charge on any atom is -0.466 e. The zero-order chi connectivity index (χ0) is 31.7. The molecule has 0 radical (unpaired) electrons. The van der Waals surface area contributed by atoms with E-state index in [1.54, 1.807) is 0 Å². The Balaban J connectivity index is 0.000000206. The van der Waals surface area contributed by atoms with Crippen LogP contribution in [0.15, 0.2) is 60.7 Å². The van der Waals surface area contributed by atoms with E-state index < -0.39 is 11.6 Å². The van der Waals surface area contributed by atoms with Crippen LogP contribution in [0.4, 0.5) is 0 Å². The summed E-state index contributed by atoms with van der Waals surface area (Å²) in [4.78, 5) is 12.5. The number of benzene rings is 2. The molecule has 3 N–H and O–H groups in total. The first-order valence-electron chi connectivity index (χ1n) is 16.8. The summed E-state index contributed by atoms with van der Waals surface area (Å²) in [5.74, 6) is -1.24. The normalized spacial score (nSPS) is 27.7. The first-order valence-corrected chi connectivity index (χ1v) is 16.8. The van der Waals surface area contributed by atoms with Crippen LogP contribution < -0.4 is 10.6 Å². The number of hydrogen-bond donors (Lipinski definition) is 3. The van der Waals surface area contributed by atoms with Crippen molar-refractivity contribution in [3.8, 4) is 0 Å². The van der Waals surface area contributed by atoms with E-state index >= 15 is 0 Å². The Bertz CT molecular complexity index is 1170. The number of esters is 1. The molecule has 4 aliphatic rings. The summed E-state index contributed by atoms with van der Waals surface area (Å²) in [7, 11) is 0. The maximum Gasteiger partial charge on any atom is 0.310 e. The molecular weight excluding hydrogens is 584 g/mol. The van der Waals surface area contributed by atoms with E-state index in [-0.39, 0.29) is 50.0 Å². The van der Waals surface area contributed by atoms with E-state index in [4.69, 9.17) is 23.7 Å². The molecule has 6 atom stereocenters. The molecule has 0 unspecified atom stereocenters. The summed E-state index contributed by atoms with van der Waals surface area (Å²) in [6.07, 6.45) is 4.86. The number of carbonyl (C=O) groups is 1. The number of aliphatic hydroxyl groups excluding tert-OH is 1. The standard InChI is InChI=1S/C19H27NO4.C17H25NO3.CH4/c1-3-22-18(21)16-13-19(23-11-12-24-19)10-9-17(16)20-14(2)15-7-5-4-6-8-15;1-13(14-5-3-2-4-6-14)18-16-7-8-17(11-15(16)12-19)20-9-10-21-17;/h4-8,14,16-17,20H,3,9-13H2,1-2H3;2-6,13,15-16,18-19H,7-12H2,1H3;1H4/t14-,16-,17-;13-,15+,16-;/m11./s1. The fraction of sp³-hybridized carbons (Fsp3) is 0.649. The van der Waals surface area contributed by atoms with Gasteiger partial charge in [0.1, 0.15) is 0 Å². The third-order valence-corrected chi connectivity index (χ3v) is 9.81. The lowest BCUT2D eigenvalue weighted by Gasteiger charge is -2.41. The van der Waals surface area contributed by atoms with Crippen molar-refractivity contribution in [1.29, 1.82) is 0 Å². The maximum absolute atomic E-state index is 12.5. The molecule has 2 aliphatic heterocycles. The van der Waals surface area contributed by atoms with Crippen molar-refractivity contribution < 1.29 is 33.6 Å². The highest BCUT2D eigenvalue weighted by molar-refractivity contribution is 5.73. The second kappa shape index (κ2) is 17.2. The molecule has 0 bridgehead atoms. The zero-order valence-electron chi connectivity index (χ0n) is 27.1. The Labute approximate surface area is 275 Å². The highest BCUT2D eigenvalue weighted by atomic mass is 16.7. The van der Waals surface area contributed by atoms with E-state index in [1.165, 1.54) is 11.1 Å². The van der Waals surface area contributed by atoms with Gasteiger partial charge in [0.25, 0.3) is 0 Å². The molecule has 2 aromatic carbocycles. The number of ether oxygens (including phenoxy) is 5. The van der Waals surface area contributed by atoms with Gasteiger partial charge in [-0.1, -0.05) is 68.1 Å². The van der Waals surface area contributed by atoms with Crippen molar-refractivity contribution in [3.63, 3.8) is 0 Å². The quantitative estimate of drug-likeness (QED) is 0.298. The van der Waals surface area contributed by atoms with Gasteiger partial charge in [0.2, 0.25) is 0 Å². The third-order valence-electron chi connectivity index (χ3n) is 9.81. The van der Waals surface area contributed by atoms with Gasteiger partial charge in [0.15, 0.2) is 11.6 Å². The fourth-order valence-corrected chi connectivity index (χ4v) is 7.35. The van der Waals surface area contributed by atoms with Crippen molar-refractivity contribution in [2.24, 2.45) is 11.8 Å². The van der Waals surface area contributed by atoms with E-state index in [0.717, 1.165) is 32.1 Å². The van der Waals surface area contributed by atoms with E-state index in [9.17, 15) is 9.90 Å². The molecule has 2 aliphatic carbocycles. The summed E-state index contributed by atoms with van der Waals surface area (Å²) in [5.41, 5.74) is 2.50. The highest BCUT2D eigenvalue weighted by Gasteiger charge is 2.48. The lowest BCUT2D eigenvalue weighted by Crippen LogP contribution is -2.51. The van der Waals surface area contributed by atoms with Gasteiger partial charge in [-0.2, -0.15) is 0 Å². The van der Waals surface area contributed by atoms with Crippen molar-refractivity contribution in [1.82, 2.24) is 10.6 Å². The molecular formula is C37H56N2O7. The zero-order valence-corrected chi connectivity index (χ0v) is 27.1. The monoisotopic (exact) mass is 640 g/mol. The molecule has 2 saturated heterocycles. The van der Waals surface area contributed by atoms with Gasteiger partial charge >= 0.3 is 5.97 Å². The molecule has 4 fully saturated rings.